The van der Waals surface area contributed by atoms with Crippen molar-refractivity contribution in [2.45, 2.75) is 37.9 Å². The number of piperazine rings is 1. The molecular weight excluding hydrogens is 272 g/mol. The predicted octanol–water partition coefficient (Wildman–Crippen LogP) is 2.13. The third-order valence-electron chi connectivity index (χ3n) is 4.94. The van der Waals surface area contributed by atoms with Crippen molar-refractivity contribution < 1.29 is 8.78 Å². The molecule has 0 amide bonds. The molecule has 3 unspecified atom stereocenters. The van der Waals surface area contributed by atoms with Crippen LogP contribution in [0.4, 0.5) is 8.78 Å². The Labute approximate surface area is 124 Å². The van der Waals surface area contributed by atoms with E-state index in [1.54, 1.807) is 0 Å². The Bertz CT molecular complexity index is 488. The van der Waals surface area contributed by atoms with Crippen LogP contribution in [0, 0.1) is 11.6 Å². The first kappa shape index (κ1) is 14.9. The molecule has 3 nitrogen and oxygen atoms in total. The number of nitrogens with zero attached hydrogens (tertiary/aromatic N) is 2. The molecule has 3 atom stereocenters. The molecule has 0 spiro atoms. The second-order valence-corrected chi connectivity index (χ2v) is 6.22. The molecule has 0 bridgehead atoms. The van der Waals surface area contributed by atoms with Crippen LogP contribution in [0.2, 0.25) is 0 Å². The normalized spacial score (nSPS) is 28.6. The highest BCUT2D eigenvalue weighted by molar-refractivity contribution is 5.24. The van der Waals surface area contributed by atoms with Crippen molar-refractivity contribution in [1.29, 1.82) is 0 Å². The van der Waals surface area contributed by atoms with Crippen molar-refractivity contribution in [3.8, 4) is 0 Å². The molecule has 2 saturated heterocycles. The Morgan fingerprint density at radius 2 is 2.00 bits per heavy atom. The molecule has 0 saturated carbocycles. The lowest BCUT2D eigenvalue weighted by Gasteiger charge is -2.46. The Hall–Kier alpha value is -1.04. The van der Waals surface area contributed by atoms with E-state index in [0.717, 1.165) is 19.6 Å². The van der Waals surface area contributed by atoms with E-state index < -0.39 is 11.6 Å². The van der Waals surface area contributed by atoms with E-state index in [2.05, 4.69) is 16.7 Å². The Balaban J connectivity index is 1.89. The quantitative estimate of drug-likeness (QED) is 0.927. The molecule has 21 heavy (non-hydrogen) atoms. The van der Waals surface area contributed by atoms with Gasteiger partial charge in [0.2, 0.25) is 0 Å². The van der Waals surface area contributed by atoms with Gasteiger partial charge in [-0.15, -0.1) is 0 Å². The fraction of sp³-hybridized carbons (Fsp3) is 0.625. The average Bonchev–Trinajstić information content (AvgIpc) is 2.89. The maximum atomic E-state index is 14.1. The van der Waals surface area contributed by atoms with Crippen molar-refractivity contribution in [2.24, 2.45) is 5.73 Å². The van der Waals surface area contributed by atoms with Crippen LogP contribution in [0.1, 0.15) is 31.4 Å². The van der Waals surface area contributed by atoms with Gasteiger partial charge in [0.15, 0.2) is 0 Å². The monoisotopic (exact) mass is 295 g/mol. The summed E-state index contributed by atoms with van der Waals surface area (Å²) in [6.45, 7) is 5.29. The van der Waals surface area contributed by atoms with Crippen LogP contribution in [-0.2, 0) is 0 Å². The number of nitrogens with two attached hydrogens (primary N) is 1. The molecule has 3 rings (SSSR count). The van der Waals surface area contributed by atoms with Crippen LogP contribution < -0.4 is 5.73 Å². The van der Waals surface area contributed by atoms with Crippen molar-refractivity contribution in [1.82, 2.24) is 9.80 Å². The lowest BCUT2D eigenvalue weighted by Crippen LogP contribution is -2.56. The maximum Gasteiger partial charge on any atom is 0.130 e. The summed E-state index contributed by atoms with van der Waals surface area (Å²) in [5, 5.41) is 0. The highest BCUT2D eigenvalue weighted by atomic mass is 19.1. The molecular formula is C16H23F2N3. The average molecular weight is 295 g/mol. The lowest BCUT2D eigenvalue weighted by atomic mass is 9.98. The van der Waals surface area contributed by atoms with Crippen molar-refractivity contribution in [2.75, 3.05) is 26.2 Å². The van der Waals surface area contributed by atoms with Gasteiger partial charge in [-0.2, -0.15) is 0 Å². The van der Waals surface area contributed by atoms with E-state index in [1.807, 2.05) is 0 Å². The summed E-state index contributed by atoms with van der Waals surface area (Å²) in [5.74, 6) is -0.988. The number of rotatable bonds is 3. The van der Waals surface area contributed by atoms with E-state index in [0.29, 0.717) is 6.04 Å². The van der Waals surface area contributed by atoms with Gasteiger partial charge in [-0.25, -0.2) is 8.78 Å². The second kappa shape index (κ2) is 5.99. The zero-order chi connectivity index (χ0) is 15.0. The van der Waals surface area contributed by atoms with Gasteiger partial charge in [0.1, 0.15) is 11.6 Å². The standard InChI is InChI=1S/C16H23F2N3/c1-11-9-20-7-3-4-12(20)10-21(11)15(8-19)16-13(17)5-2-6-14(16)18/h2,5-6,11-12,15H,3-4,7-10,19H2,1H3. The summed E-state index contributed by atoms with van der Waals surface area (Å²) in [6.07, 6.45) is 2.38. The first-order chi connectivity index (χ1) is 10.1. The first-order valence-corrected chi connectivity index (χ1v) is 7.75. The molecule has 0 radical (unpaired) electrons. The summed E-state index contributed by atoms with van der Waals surface area (Å²) in [5.41, 5.74) is 6.01. The molecule has 0 aromatic heterocycles. The van der Waals surface area contributed by atoms with Crippen molar-refractivity contribution in [3.05, 3.63) is 35.4 Å². The van der Waals surface area contributed by atoms with Gasteiger partial charge in [-0.05, 0) is 38.4 Å². The topological polar surface area (TPSA) is 32.5 Å². The zero-order valence-corrected chi connectivity index (χ0v) is 12.4. The van der Waals surface area contributed by atoms with E-state index >= 15 is 0 Å². The second-order valence-electron chi connectivity index (χ2n) is 6.22. The van der Waals surface area contributed by atoms with Crippen LogP contribution >= 0.6 is 0 Å². The molecule has 1 aromatic rings. The molecule has 2 heterocycles. The van der Waals surface area contributed by atoms with E-state index in [4.69, 9.17) is 5.73 Å². The molecule has 116 valence electrons. The molecule has 2 fully saturated rings. The van der Waals surface area contributed by atoms with E-state index in [9.17, 15) is 8.78 Å². The summed E-state index contributed by atoms with van der Waals surface area (Å²) >= 11 is 0. The summed E-state index contributed by atoms with van der Waals surface area (Å²) in [7, 11) is 0. The molecule has 5 heteroatoms. The molecule has 2 N–H and O–H groups in total. The largest absolute Gasteiger partial charge is 0.329 e. The van der Waals surface area contributed by atoms with Gasteiger partial charge >= 0.3 is 0 Å². The minimum absolute atomic E-state index is 0.123. The fourth-order valence-electron chi connectivity index (χ4n) is 3.89. The fourth-order valence-corrected chi connectivity index (χ4v) is 3.89. The summed E-state index contributed by atoms with van der Waals surface area (Å²) in [6, 6.07) is 4.41. The Morgan fingerprint density at radius 1 is 1.29 bits per heavy atom. The predicted molar refractivity (Wildman–Crippen MR) is 78.9 cm³/mol. The molecule has 2 aliphatic heterocycles. The molecule has 0 aliphatic carbocycles. The van der Waals surface area contributed by atoms with Crippen LogP contribution in [0.3, 0.4) is 0 Å². The van der Waals surface area contributed by atoms with E-state index in [-0.39, 0.29) is 24.2 Å². The smallest absolute Gasteiger partial charge is 0.130 e. The SMILES string of the molecule is CC1CN2CCCC2CN1C(CN)c1c(F)cccc1F. The van der Waals surface area contributed by atoms with Crippen molar-refractivity contribution in [3.63, 3.8) is 0 Å². The highest BCUT2D eigenvalue weighted by Crippen LogP contribution is 2.32. The number of halogens is 2. The first-order valence-electron chi connectivity index (χ1n) is 7.75. The molecule has 1 aromatic carbocycles. The van der Waals surface area contributed by atoms with Crippen LogP contribution in [0.15, 0.2) is 18.2 Å². The molecule has 2 aliphatic rings. The van der Waals surface area contributed by atoms with Crippen molar-refractivity contribution >= 4 is 0 Å². The number of fused-ring (bicyclic) bond motifs is 1. The summed E-state index contributed by atoms with van der Waals surface area (Å²) in [4.78, 5) is 4.68. The van der Waals surface area contributed by atoms with Gasteiger partial charge in [0.05, 0.1) is 6.04 Å². The lowest BCUT2D eigenvalue weighted by molar-refractivity contribution is 0.0275. The number of hydrogen-bond acceptors (Lipinski definition) is 3. The minimum Gasteiger partial charge on any atom is -0.329 e. The van der Waals surface area contributed by atoms with Gasteiger partial charge < -0.3 is 5.73 Å². The minimum atomic E-state index is -0.494. The third kappa shape index (κ3) is 2.70. The van der Waals surface area contributed by atoms with Crippen LogP contribution in [0.25, 0.3) is 0 Å². The highest BCUT2D eigenvalue weighted by Gasteiger charge is 2.38. The summed E-state index contributed by atoms with van der Waals surface area (Å²) < 4.78 is 28.2. The third-order valence-corrected chi connectivity index (χ3v) is 4.94. The zero-order valence-electron chi connectivity index (χ0n) is 12.4. The Kier molecular flexibility index (Phi) is 4.24. The van der Waals surface area contributed by atoms with Gasteiger partial charge in [-0.1, -0.05) is 6.07 Å². The number of benzene rings is 1. The van der Waals surface area contributed by atoms with E-state index in [1.165, 1.54) is 31.0 Å². The van der Waals surface area contributed by atoms with Crippen LogP contribution in [0.5, 0.6) is 0 Å². The Morgan fingerprint density at radius 3 is 2.67 bits per heavy atom. The van der Waals surface area contributed by atoms with Crippen LogP contribution in [-0.4, -0.2) is 48.1 Å². The van der Waals surface area contributed by atoms with Gasteiger partial charge in [0, 0.05) is 37.3 Å². The maximum absolute atomic E-state index is 14.1. The van der Waals surface area contributed by atoms with Gasteiger partial charge in [0.25, 0.3) is 0 Å². The van der Waals surface area contributed by atoms with Gasteiger partial charge in [-0.3, -0.25) is 9.80 Å². The number of hydrogen-bond donors (Lipinski definition) is 1.